The summed E-state index contributed by atoms with van der Waals surface area (Å²) in [5.41, 5.74) is 8.72. The van der Waals surface area contributed by atoms with Crippen molar-refractivity contribution >= 4 is 28.1 Å². The Kier molecular flexibility index (Phi) is 2.56. The summed E-state index contributed by atoms with van der Waals surface area (Å²) in [5, 5.41) is 12.3. The Morgan fingerprint density at radius 3 is 2.80 bits per heavy atom. The van der Waals surface area contributed by atoms with E-state index in [1.165, 1.54) is 24.2 Å². The van der Waals surface area contributed by atoms with Crippen LogP contribution in [0.25, 0.3) is 0 Å². The number of H-pyrrole nitrogens is 1. The van der Waals surface area contributed by atoms with Gasteiger partial charge in [-0.1, -0.05) is 0 Å². The molecule has 2 heterocycles. The largest absolute Gasteiger partial charge is 0.395 e. The smallest absolute Gasteiger partial charge is 0.280 e. The highest BCUT2D eigenvalue weighted by atomic mass is 32.1. The van der Waals surface area contributed by atoms with Gasteiger partial charge in [0.05, 0.1) is 17.1 Å². The molecule has 104 valence electrons. The van der Waals surface area contributed by atoms with E-state index in [0.29, 0.717) is 22.7 Å². The minimum atomic E-state index is -0.289. The highest BCUT2D eigenvalue weighted by Gasteiger charge is 2.31. The maximum atomic E-state index is 12.2. The maximum absolute atomic E-state index is 12.2. The first-order valence-electron chi connectivity index (χ1n) is 6.83. The Bertz CT molecular complexity index is 668. The molecule has 0 radical (unpaired) electrons. The van der Waals surface area contributed by atoms with Gasteiger partial charge in [-0.3, -0.25) is 15.2 Å². The van der Waals surface area contributed by atoms with Crippen molar-refractivity contribution in [1.82, 2.24) is 15.2 Å². The predicted molar refractivity (Wildman–Crippen MR) is 77.0 cm³/mol. The number of carbonyl (C=O) groups excluding carboxylic acids is 1. The highest BCUT2D eigenvalue weighted by molar-refractivity contribution is 7.14. The maximum Gasteiger partial charge on any atom is 0.280 e. The second-order valence-corrected chi connectivity index (χ2v) is 6.34. The number of carbonyl (C=O) groups is 1. The number of aromatic nitrogens is 3. The van der Waals surface area contributed by atoms with Crippen molar-refractivity contribution in [3.05, 3.63) is 22.5 Å². The fourth-order valence-corrected chi connectivity index (χ4v) is 3.07. The Balaban J connectivity index is 1.51. The van der Waals surface area contributed by atoms with Gasteiger partial charge in [-0.15, -0.1) is 11.3 Å². The standard InChI is InChI=1S/C13H15N5OS/c14-9-10(7-3-4-7)17-18-11(9)12(19)16-13-15-8(5-20-13)6-1-2-6/h5-7H,1-4,14H2,(H,17,18)(H,15,16,19). The van der Waals surface area contributed by atoms with Gasteiger partial charge in [0, 0.05) is 17.2 Å². The molecule has 0 aliphatic heterocycles. The normalized spacial score (nSPS) is 18.2. The fraction of sp³-hybridized carbons (Fsp3) is 0.462. The van der Waals surface area contributed by atoms with Crippen LogP contribution in [0.1, 0.15) is 59.4 Å². The number of thiazole rings is 1. The minimum Gasteiger partial charge on any atom is -0.395 e. The molecule has 2 saturated carbocycles. The van der Waals surface area contributed by atoms with Gasteiger partial charge >= 0.3 is 0 Å². The molecule has 1 amide bonds. The number of hydrogen-bond acceptors (Lipinski definition) is 5. The molecule has 0 saturated heterocycles. The van der Waals surface area contributed by atoms with Crippen molar-refractivity contribution in [2.45, 2.75) is 37.5 Å². The van der Waals surface area contributed by atoms with E-state index >= 15 is 0 Å². The zero-order valence-electron chi connectivity index (χ0n) is 10.8. The molecule has 2 fully saturated rings. The summed E-state index contributed by atoms with van der Waals surface area (Å²) < 4.78 is 0. The molecule has 0 atom stereocenters. The lowest BCUT2D eigenvalue weighted by molar-refractivity contribution is 0.102. The third-order valence-corrected chi connectivity index (χ3v) is 4.55. The Labute approximate surface area is 119 Å². The van der Waals surface area contributed by atoms with Crippen LogP contribution in [0.3, 0.4) is 0 Å². The van der Waals surface area contributed by atoms with E-state index in [1.54, 1.807) is 0 Å². The van der Waals surface area contributed by atoms with Crippen molar-refractivity contribution in [2.24, 2.45) is 0 Å². The van der Waals surface area contributed by atoms with Crippen molar-refractivity contribution in [3.63, 3.8) is 0 Å². The molecule has 7 heteroatoms. The number of nitrogen functional groups attached to an aromatic ring is 1. The zero-order chi connectivity index (χ0) is 13.7. The fourth-order valence-electron chi connectivity index (χ4n) is 2.29. The van der Waals surface area contributed by atoms with Crippen LogP contribution in [0.15, 0.2) is 5.38 Å². The van der Waals surface area contributed by atoms with E-state index in [1.807, 2.05) is 5.38 Å². The summed E-state index contributed by atoms with van der Waals surface area (Å²) in [7, 11) is 0. The number of nitrogens with two attached hydrogens (primary N) is 1. The first-order valence-corrected chi connectivity index (χ1v) is 7.71. The number of amides is 1. The van der Waals surface area contributed by atoms with Crippen LogP contribution in [-0.4, -0.2) is 21.1 Å². The third-order valence-electron chi connectivity index (χ3n) is 3.77. The summed E-state index contributed by atoms with van der Waals surface area (Å²) in [6.45, 7) is 0. The van der Waals surface area contributed by atoms with E-state index in [9.17, 15) is 4.79 Å². The van der Waals surface area contributed by atoms with E-state index in [4.69, 9.17) is 5.73 Å². The summed E-state index contributed by atoms with van der Waals surface area (Å²) in [6.07, 6.45) is 4.64. The van der Waals surface area contributed by atoms with E-state index in [2.05, 4.69) is 20.5 Å². The van der Waals surface area contributed by atoms with Crippen LogP contribution in [0.4, 0.5) is 10.8 Å². The van der Waals surface area contributed by atoms with Crippen molar-refractivity contribution in [1.29, 1.82) is 0 Å². The van der Waals surface area contributed by atoms with Crippen LogP contribution >= 0.6 is 11.3 Å². The van der Waals surface area contributed by atoms with E-state index in [-0.39, 0.29) is 11.6 Å². The van der Waals surface area contributed by atoms with Crippen LogP contribution in [0.2, 0.25) is 0 Å². The van der Waals surface area contributed by atoms with Gasteiger partial charge in [0.15, 0.2) is 10.8 Å². The van der Waals surface area contributed by atoms with Crippen LogP contribution in [0, 0.1) is 0 Å². The van der Waals surface area contributed by atoms with Gasteiger partial charge in [-0.25, -0.2) is 4.98 Å². The van der Waals surface area contributed by atoms with Crippen molar-refractivity contribution in [2.75, 3.05) is 11.1 Å². The average Bonchev–Trinajstić information content (AvgIpc) is 3.35. The minimum absolute atomic E-state index is 0.273. The SMILES string of the molecule is Nc1c(C(=O)Nc2nc(C3CC3)cs2)n[nH]c1C1CC1. The second-order valence-electron chi connectivity index (χ2n) is 5.48. The lowest BCUT2D eigenvalue weighted by atomic mass is 10.2. The molecule has 0 unspecified atom stereocenters. The van der Waals surface area contributed by atoms with E-state index in [0.717, 1.165) is 24.2 Å². The molecule has 4 rings (SSSR count). The molecule has 2 aliphatic carbocycles. The number of nitrogens with zero attached hydrogens (tertiary/aromatic N) is 2. The first kappa shape index (κ1) is 11.9. The summed E-state index contributed by atoms with van der Waals surface area (Å²) >= 11 is 1.45. The summed E-state index contributed by atoms with van der Waals surface area (Å²) in [4.78, 5) is 16.6. The summed E-state index contributed by atoms with van der Waals surface area (Å²) in [5.74, 6) is 0.751. The van der Waals surface area contributed by atoms with Gasteiger partial charge < -0.3 is 5.73 Å². The molecule has 0 spiro atoms. The topological polar surface area (TPSA) is 96.7 Å². The lowest BCUT2D eigenvalue weighted by Crippen LogP contribution is -2.14. The molecule has 6 nitrogen and oxygen atoms in total. The Morgan fingerprint density at radius 2 is 2.10 bits per heavy atom. The quantitative estimate of drug-likeness (QED) is 0.805. The van der Waals surface area contributed by atoms with Gasteiger partial charge in [-0.2, -0.15) is 5.10 Å². The molecule has 2 aliphatic rings. The molecule has 4 N–H and O–H groups in total. The van der Waals surface area contributed by atoms with Gasteiger partial charge in [0.25, 0.3) is 5.91 Å². The van der Waals surface area contributed by atoms with Crippen LogP contribution < -0.4 is 11.1 Å². The number of nitrogens with one attached hydrogen (secondary N) is 2. The monoisotopic (exact) mass is 289 g/mol. The lowest BCUT2D eigenvalue weighted by Gasteiger charge is -2.00. The predicted octanol–water partition coefficient (Wildman–Crippen LogP) is 2.46. The van der Waals surface area contributed by atoms with Crippen LogP contribution in [0.5, 0.6) is 0 Å². The number of hydrogen-bond donors (Lipinski definition) is 3. The molecule has 2 aromatic heterocycles. The van der Waals surface area contributed by atoms with E-state index < -0.39 is 0 Å². The zero-order valence-corrected chi connectivity index (χ0v) is 11.7. The molecular weight excluding hydrogens is 274 g/mol. The van der Waals surface area contributed by atoms with Crippen LogP contribution in [-0.2, 0) is 0 Å². The van der Waals surface area contributed by atoms with Gasteiger partial charge in [0.1, 0.15) is 0 Å². The number of rotatable bonds is 4. The number of anilines is 2. The average molecular weight is 289 g/mol. The molecule has 2 aromatic rings. The molecular formula is C13H15N5OS. The highest BCUT2D eigenvalue weighted by Crippen LogP contribution is 2.42. The van der Waals surface area contributed by atoms with Crippen molar-refractivity contribution in [3.8, 4) is 0 Å². The number of aromatic amines is 1. The van der Waals surface area contributed by atoms with Gasteiger partial charge in [0.2, 0.25) is 0 Å². The molecule has 0 bridgehead atoms. The van der Waals surface area contributed by atoms with Crippen molar-refractivity contribution < 1.29 is 4.79 Å². The van der Waals surface area contributed by atoms with Gasteiger partial charge in [-0.05, 0) is 25.7 Å². The first-order chi connectivity index (χ1) is 9.72. The summed E-state index contributed by atoms with van der Waals surface area (Å²) in [6, 6.07) is 0. The molecule has 20 heavy (non-hydrogen) atoms. The molecule has 0 aromatic carbocycles. The Hall–Kier alpha value is -1.89. The Morgan fingerprint density at radius 1 is 1.35 bits per heavy atom. The third kappa shape index (κ3) is 2.07. The second kappa shape index (κ2) is 4.31.